The van der Waals surface area contributed by atoms with Gasteiger partial charge in [-0.25, -0.2) is 0 Å². The van der Waals surface area contributed by atoms with Crippen LogP contribution in [-0.4, -0.2) is 30.1 Å². The van der Waals surface area contributed by atoms with Crippen LogP contribution in [-0.2, 0) is 12.7 Å². The Labute approximate surface area is 118 Å². The summed E-state index contributed by atoms with van der Waals surface area (Å²) in [6.07, 6.45) is -3.22. The van der Waals surface area contributed by atoms with Crippen LogP contribution in [0.2, 0.25) is 0 Å². The van der Waals surface area contributed by atoms with Crippen molar-refractivity contribution in [3.63, 3.8) is 0 Å². The third-order valence-corrected chi connectivity index (χ3v) is 3.79. The first kappa shape index (κ1) is 15.3. The van der Waals surface area contributed by atoms with Crippen LogP contribution in [0.15, 0.2) is 24.3 Å². The molecule has 20 heavy (non-hydrogen) atoms. The lowest BCUT2D eigenvalue weighted by molar-refractivity contribution is -0.137. The molecule has 0 amide bonds. The van der Waals surface area contributed by atoms with Gasteiger partial charge in [0.25, 0.3) is 0 Å². The Balaban J connectivity index is 2.14. The van der Waals surface area contributed by atoms with Crippen LogP contribution in [0.5, 0.6) is 0 Å². The van der Waals surface area contributed by atoms with E-state index in [9.17, 15) is 13.2 Å². The van der Waals surface area contributed by atoms with Crippen molar-refractivity contribution in [1.82, 2.24) is 10.2 Å². The minimum atomic E-state index is -4.27. The smallest absolute Gasteiger partial charge is 0.315 e. The molecule has 0 bridgehead atoms. The fraction of sp³-hybridized carbons (Fsp3) is 0.600. The average molecular weight is 286 g/mol. The quantitative estimate of drug-likeness (QED) is 0.914. The van der Waals surface area contributed by atoms with E-state index in [0.29, 0.717) is 18.6 Å². The summed E-state index contributed by atoms with van der Waals surface area (Å²) in [7, 11) is 0. The zero-order valence-corrected chi connectivity index (χ0v) is 11.9. The van der Waals surface area contributed by atoms with Gasteiger partial charge in [-0.05, 0) is 38.4 Å². The molecule has 1 saturated heterocycles. The van der Waals surface area contributed by atoms with Gasteiger partial charge in [0.2, 0.25) is 0 Å². The van der Waals surface area contributed by atoms with Crippen molar-refractivity contribution >= 4 is 0 Å². The van der Waals surface area contributed by atoms with E-state index in [1.54, 1.807) is 6.07 Å². The van der Waals surface area contributed by atoms with Gasteiger partial charge >= 0.3 is 6.18 Å². The molecule has 1 aromatic carbocycles. The van der Waals surface area contributed by atoms with Gasteiger partial charge < -0.3 is 5.32 Å². The lowest BCUT2D eigenvalue weighted by atomic mass is 10.1. The Morgan fingerprint density at radius 2 is 2.10 bits per heavy atom. The van der Waals surface area contributed by atoms with Crippen molar-refractivity contribution in [3.05, 3.63) is 35.4 Å². The monoisotopic (exact) mass is 286 g/mol. The molecular formula is C15H21F3N2. The standard InChI is InChI=1S/C15H21F3N2/c1-11(2)20(14-6-7-19-9-14)10-12-4-3-5-13(8-12)15(16,17)18/h3-5,8,11,14,19H,6-7,9-10H2,1-2H3/t14-/m0/s1. The number of alkyl halides is 3. The molecule has 0 radical (unpaired) electrons. The molecule has 0 unspecified atom stereocenters. The normalized spacial score (nSPS) is 20.1. The van der Waals surface area contributed by atoms with E-state index in [1.807, 2.05) is 0 Å². The van der Waals surface area contributed by atoms with E-state index >= 15 is 0 Å². The Kier molecular flexibility index (Phi) is 4.70. The van der Waals surface area contributed by atoms with Crippen molar-refractivity contribution in [2.24, 2.45) is 0 Å². The summed E-state index contributed by atoms with van der Waals surface area (Å²) in [6, 6.07) is 6.37. The van der Waals surface area contributed by atoms with E-state index in [2.05, 4.69) is 24.1 Å². The summed E-state index contributed by atoms with van der Waals surface area (Å²) >= 11 is 0. The van der Waals surface area contributed by atoms with Crippen molar-refractivity contribution in [3.8, 4) is 0 Å². The molecule has 1 atom stereocenters. The maximum absolute atomic E-state index is 12.7. The summed E-state index contributed by atoms with van der Waals surface area (Å²) in [5.74, 6) is 0. The fourth-order valence-corrected chi connectivity index (χ4v) is 2.71. The second-order valence-electron chi connectivity index (χ2n) is 5.61. The van der Waals surface area contributed by atoms with Gasteiger partial charge in [-0.1, -0.05) is 18.2 Å². The third-order valence-electron chi connectivity index (χ3n) is 3.79. The Morgan fingerprint density at radius 3 is 2.65 bits per heavy atom. The van der Waals surface area contributed by atoms with Crippen molar-refractivity contribution in [2.75, 3.05) is 13.1 Å². The number of nitrogens with one attached hydrogen (secondary N) is 1. The second kappa shape index (κ2) is 6.14. The molecule has 1 aliphatic heterocycles. The summed E-state index contributed by atoms with van der Waals surface area (Å²) in [6.45, 7) is 6.64. The molecule has 2 nitrogen and oxygen atoms in total. The zero-order valence-electron chi connectivity index (χ0n) is 11.9. The molecule has 5 heteroatoms. The van der Waals surface area contributed by atoms with E-state index in [1.165, 1.54) is 12.1 Å². The maximum Gasteiger partial charge on any atom is 0.416 e. The molecule has 0 aromatic heterocycles. The van der Waals surface area contributed by atoms with Crippen LogP contribution in [0, 0.1) is 0 Å². The molecule has 0 aliphatic carbocycles. The molecule has 112 valence electrons. The highest BCUT2D eigenvalue weighted by Crippen LogP contribution is 2.30. The van der Waals surface area contributed by atoms with Crippen LogP contribution in [0.4, 0.5) is 13.2 Å². The van der Waals surface area contributed by atoms with E-state index in [-0.39, 0.29) is 0 Å². The summed E-state index contributed by atoms with van der Waals surface area (Å²) in [5.41, 5.74) is 0.156. The Bertz CT molecular complexity index is 437. The largest absolute Gasteiger partial charge is 0.416 e. The first-order chi connectivity index (χ1) is 9.38. The predicted molar refractivity (Wildman–Crippen MR) is 73.4 cm³/mol. The third kappa shape index (κ3) is 3.73. The van der Waals surface area contributed by atoms with Gasteiger partial charge in [0.05, 0.1) is 5.56 Å². The maximum atomic E-state index is 12.7. The van der Waals surface area contributed by atoms with E-state index in [4.69, 9.17) is 0 Å². The highest BCUT2D eigenvalue weighted by atomic mass is 19.4. The zero-order chi connectivity index (χ0) is 14.8. The van der Waals surface area contributed by atoms with Crippen LogP contribution in [0.1, 0.15) is 31.4 Å². The molecule has 0 spiro atoms. The summed E-state index contributed by atoms with van der Waals surface area (Å²) in [5, 5.41) is 3.31. The number of benzene rings is 1. The van der Waals surface area contributed by atoms with Gasteiger partial charge in [0, 0.05) is 25.2 Å². The summed E-state index contributed by atoms with van der Waals surface area (Å²) < 4.78 is 38.2. The van der Waals surface area contributed by atoms with Gasteiger partial charge in [-0.2, -0.15) is 13.2 Å². The predicted octanol–water partition coefficient (Wildman–Crippen LogP) is 3.28. The van der Waals surface area contributed by atoms with E-state index in [0.717, 1.165) is 31.1 Å². The van der Waals surface area contributed by atoms with E-state index < -0.39 is 11.7 Å². The summed E-state index contributed by atoms with van der Waals surface area (Å²) in [4.78, 5) is 2.27. The number of nitrogens with zero attached hydrogens (tertiary/aromatic N) is 1. The Hall–Kier alpha value is -1.07. The first-order valence-electron chi connectivity index (χ1n) is 7.00. The lowest BCUT2D eigenvalue weighted by Crippen LogP contribution is -2.41. The lowest BCUT2D eigenvalue weighted by Gasteiger charge is -2.32. The van der Waals surface area contributed by atoms with Gasteiger partial charge in [0.1, 0.15) is 0 Å². The average Bonchev–Trinajstić information content (AvgIpc) is 2.88. The van der Waals surface area contributed by atoms with Crippen molar-refractivity contribution in [1.29, 1.82) is 0 Å². The van der Waals surface area contributed by atoms with Gasteiger partial charge in [-0.15, -0.1) is 0 Å². The molecular weight excluding hydrogens is 265 g/mol. The van der Waals surface area contributed by atoms with Crippen LogP contribution < -0.4 is 5.32 Å². The Morgan fingerprint density at radius 1 is 1.35 bits per heavy atom. The number of hydrogen-bond acceptors (Lipinski definition) is 2. The van der Waals surface area contributed by atoms with Gasteiger partial charge in [0.15, 0.2) is 0 Å². The minimum Gasteiger partial charge on any atom is -0.315 e. The van der Waals surface area contributed by atoms with Crippen LogP contribution in [0.25, 0.3) is 0 Å². The van der Waals surface area contributed by atoms with Crippen LogP contribution in [0.3, 0.4) is 0 Å². The molecule has 1 heterocycles. The minimum absolute atomic E-state index is 0.314. The second-order valence-corrected chi connectivity index (χ2v) is 5.61. The number of hydrogen-bond donors (Lipinski definition) is 1. The van der Waals surface area contributed by atoms with Crippen molar-refractivity contribution < 1.29 is 13.2 Å². The first-order valence-corrected chi connectivity index (χ1v) is 7.00. The molecule has 0 saturated carbocycles. The SMILES string of the molecule is CC(C)N(Cc1cccc(C(F)(F)F)c1)[C@H]1CCNC1. The molecule has 1 fully saturated rings. The van der Waals surface area contributed by atoms with Crippen molar-refractivity contribution in [2.45, 2.75) is 45.1 Å². The van der Waals surface area contributed by atoms with Crippen LogP contribution >= 0.6 is 0 Å². The molecule has 1 N–H and O–H groups in total. The molecule has 2 rings (SSSR count). The molecule has 1 aliphatic rings. The molecule has 1 aromatic rings. The number of halogens is 3. The highest BCUT2D eigenvalue weighted by Gasteiger charge is 2.31. The van der Waals surface area contributed by atoms with Gasteiger partial charge in [-0.3, -0.25) is 4.90 Å². The highest BCUT2D eigenvalue weighted by molar-refractivity contribution is 5.25. The number of rotatable bonds is 4. The fourth-order valence-electron chi connectivity index (χ4n) is 2.71. The topological polar surface area (TPSA) is 15.3 Å².